The molecular weight excluding hydrogens is 316 g/mol. The molecule has 1 heteroatoms. The molecule has 0 heterocycles. The van der Waals surface area contributed by atoms with E-state index in [9.17, 15) is 0 Å². The third-order valence-electron chi connectivity index (χ3n) is 6.76. The summed E-state index contributed by atoms with van der Waals surface area (Å²) >= 11 is 0. The molecule has 0 aliphatic heterocycles. The van der Waals surface area contributed by atoms with Crippen LogP contribution >= 0.6 is 0 Å². The predicted octanol–water partition coefficient (Wildman–Crippen LogP) is 7.86. The molecular formula is C25H44O. The smallest absolute Gasteiger partial charge is 0.0654 e. The Morgan fingerprint density at radius 2 is 1.38 bits per heavy atom. The maximum atomic E-state index is 6.08. The lowest BCUT2D eigenvalue weighted by atomic mass is 9.70. The third kappa shape index (κ3) is 8.42. The van der Waals surface area contributed by atoms with Crippen LogP contribution in [0.1, 0.15) is 104 Å². The van der Waals surface area contributed by atoms with E-state index in [1.165, 1.54) is 89.9 Å². The second-order valence-corrected chi connectivity index (χ2v) is 8.79. The SMILES string of the molecule is CCC/C=C/C=C/COC1CCC(C2CCC(CCCCC)CC2)CC1. The van der Waals surface area contributed by atoms with Gasteiger partial charge in [0.25, 0.3) is 0 Å². The lowest BCUT2D eigenvalue weighted by Gasteiger charge is -2.37. The van der Waals surface area contributed by atoms with Crippen LogP contribution in [0.25, 0.3) is 0 Å². The average molecular weight is 361 g/mol. The second kappa shape index (κ2) is 13.6. The Hall–Kier alpha value is -0.560. The Bertz CT molecular complexity index is 381. The van der Waals surface area contributed by atoms with E-state index < -0.39 is 0 Å². The fourth-order valence-electron chi connectivity index (χ4n) is 5.03. The Labute approximate surface area is 163 Å². The fraction of sp³-hybridized carbons (Fsp3) is 0.840. The van der Waals surface area contributed by atoms with Crippen molar-refractivity contribution in [3.05, 3.63) is 24.3 Å². The van der Waals surface area contributed by atoms with Gasteiger partial charge in [-0.25, -0.2) is 0 Å². The first-order valence-electron chi connectivity index (χ1n) is 11.8. The second-order valence-electron chi connectivity index (χ2n) is 8.79. The summed E-state index contributed by atoms with van der Waals surface area (Å²) in [6, 6.07) is 0. The molecule has 150 valence electrons. The van der Waals surface area contributed by atoms with E-state index in [1.807, 2.05) is 0 Å². The summed E-state index contributed by atoms with van der Waals surface area (Å²) in [7, 11) is 0. The van der Waals surface area contributed by atoms with Gasteiger partial charge in [0.05, 0.1) is 12.7 Å². The first-order valence-corrected chi connectivity index (χ1v) is 11.8. The van der Waals surface area contributed by atoms with E-state index in [1.54, 1.807) is 0 Å². The van der Waals surface area contributed by atoms with Crippen molar-refractivity contribution in [2.24, 2.45) is 17.8 Å². The zero-order valence-electron chi connectivity index (χ0n) is 17.6. The van der Waals surface area contributed by atoms with Gasteiger partial charge in [0.15, 0.2) is 0 Å². The monoisotopic (exact) mass is 360 g/mol. The van der Waals surface area contributed by atoms with Crippen LogP contribution in [-0.2, 0) is 4.74 Å². The topological polar surface area (TPSA) is 9.23 Å². The maximum absolute atomic E-state index is 6.08. The van der Waals surface area contributed by atoms with E-state index >= 15 is 0 Å². The predicted molar refractivity (Wildman–Crippen MR) is 114 cm³/mol. The number of allylic oxidation sites excluding steroid dienone is 3. The van der Waals surface area contributed by atoms with E-state index in [-0.39, 0.29) is 0 Å². The van der Waals surface area contributed by atoms with Gasteiger partial charge in [-0.2, -0.15) is 0 Å². The Balaban J connectivity index is 1.55. The molecule has 2 rings (SSSR count). The van der Waals surface area contributed by atoms with Gasteiger partial charge >= 0.3 is 0 Å². The van der Waals surface area contributed by atoms with Gasteiger partial charge in [-0.1, -0.05) is 83.1 Å². The largest absolute Gasteiger partial charge is 0.374 e. The molecule has 2 aliphatic carbocycles. The van der Waals surface area contributed by atoms with E-state index in [2.05, 4.69) is 38.2 Å². The standard InChI is InChI=1S/C25H44O/c1-3-5-7-8-9-11-21-26-25-19-17-24(18-20-25)23-15-13-22(14-16-23)12-10-6-4-2/h7-9,11,22-25H,3-6,10,12-21H2,1-2H3/b8-7+,11-9+. The summed E-state index contributed by atoms with van der Waals surface area (Å²) < 4.78 is 6.08. The van der Waals surface area contributed by atoms with Crippen molar-refractivity contribution in [2.75, 3.05) is 6.61 Å². The molecule has 26 heavy (non-hydrogen) atoms. The molecule has 0 N–H and O–H groups in total. The van der Waals surface area contributed by atoms with Crippen molar-refractivity contribution in [3.63, 3.8) is 0 Å². The molecule has 0 saturated heterocycles. The van der Waals surface area contributed by atoms with Crippen molar-refractivity contribution < 1.29 is 4.74 Å². The van der Waals surface area contributed by atoms with Gasteiger partial charge in [0.2, 0.25) is 0 Å². The fourth-order valence-corrected chi connectivity index (χ4v) is 5.03. The molecule has 0 aromatic heterocycles. The van der Waals surface area contributed by atoms with E-state index in [0.29, 0.717) is 6.10 Å². The third-order valence-corrected chi connectivity index (χ3v) is 6.76. The molecule has 0 atom stereocenters. The summed E-state index contributed by atoms with van der Waals surface area (Å²) in [5.41, 5.74) is 0. The number of unbranched alkanes of at least 4 members (excludes halogenated alkanes) is 3. The van der Waals surface area contributed by atoms with E-state index in [0.717, 1.165) is 24.4 Å². The zero-order chi connectivity index (χ0) is 18.5. The number of ether oxygens (including phenoxy) is 1. The lowest BCUT2D eigenvalue weighted by molar-refractivity contribution is 0.0210. The molecule has 2 fully saturated rings. The van der Waals surface area contributed by atoms with Crippen molar-refractivity contribution in [2.45, 2.75) is 110 Å². The summed E-state index contributed by atoms with van der Waals surface area (Å²) in [5, 5.41) is 0. The molecule has 0 aromatic carbocycles. The summed E-state index contributed by atoms with van der Waals surface area (Å²) in [6.07, 6.45) is 28.9. The van der Waals surface area contributed by atoms with Gasteiger partial charge < -0.3 is 4.74 Å². The van der Waals surface area contributed by atoms with Crippen LogP contribution in [0, 0.1) is 17.8 Å². The minimum absolute atomic E-state index is 0.515. The molecule has 2 saturated carbocycles. The van der Waals surface area contributed by atoms with Crippen molar-refractivity contribution >= 4 is 0 Å². The van der Waals surface area contributed by atoms with Gasteiger partial charge in [-0.3, -0.25) is 0 Å². The highest BCUT2D eigenvalue weighted by Crippen LogP contribution is 2.41. The Morgan fingerprint density at radius 3 is 2.04 bits per heavy atom. The van der Waals surface area contributed by atoms with Crippen LogP contribution in [0.3, 0.4) is 0 Å². The first-order chi connectivity index (χ1) is 12.8. The normalized spacial score (nSPS) is 30.4. The molecule has 0 spiro atoms. The number of hydrogen-bond donors (Lipinski definition) is 0. The molecule has 0 unspecified atom stereocenters. The highest BCUT2D eigenvalue weighted by molar-refractivity contribution is 5.02. The minimum atomic E-state index is 0.515. The molecule has 2 aliphatic rings. The molecule has 0 radical (unpaired) electrons. The molecule has 0 aromatic rings. The van der Waals surface area contributed by atoms with Crippen molar-refractivity contribution in [1.82, 2.24) is 0 Å². The van der Waals surface area contributed by atoms with Gasteiger partial charge in [0.1, 0.15) is 0 Å². The molecule has 1 nitrogen and oxygen atoms in total. The van der Waals surface area contributed by atoms with Crippen LogP contribution in [0.15, 0.2) is 24.3 Å². The molecule has 0 bridgehead atoms. The first kappa shape index (κ1) is 21.7. The van der Waals surface area contributed by atoms with Crippen molar-refractivity contribution in [3.8, 4) is 0 Å². The lowest BCUT2D eigenvalue weighted by Crippen LogP contribution is -2.28. The Morgan fingerprint density at radius 1 is 0.731 bits per heavy atom. The maximum Gasteiger partial charge on any atom is 0.0654 e. The van der Waals surface area contributed by atoms with Crippen LogP contribution in [0.5, 0.6) is 0 Å². The highest BCUT2D eigenvalue weighted by atomic mass is 16.5. The van der Waals surface area contributed by atoms with Gasteiger partial charge in [0, 0.05) is 0 Å². The highest BCUT2D eigenvalue weighted by Gasteiger charge is 2.30. The quantitative estimate of drug-likeness (QED) is 0.269. The van der Waals surface area contributed by atoms with Gasteiger partial charge in [-0.05, 0) is 62.7 Å². The van der Waals surface area contributed by atoms with Crippen LogP contribution < -0.4 is 0 Å². The summed E-state index contributed by atoms with van der Waals surface area (Å²) in [4.78, 5) is 0. The summed E-state index contributed by atoms with van der Waals surface area (Å²) in [5.74, 6) is 3.08. The zero-order valence-corrected chi connectivity index (χ0v) is 17.6. The van der Waals surface area contributed by atoms with Crippen LogP contribution in [0.4, 0.5) is 0 Å². The van der Waals surface area contributed by atoms with Crippen LogP contribution in [-0.4, -0.2) is 12.7 Å². The summed E-state index contributed by atoms with van der Waals surface area (Å²) in [6.45, 7) is 5.32. The molecule has 0 amide bonds. The van der Waals surface area contributed by atoms with Crippen LogP contribution in [0.2, 0.25) is 0 Å². The van der Waals surface area contributed by atoms with Gasteiger partial charge in [-0.15, -0.1) is 0 Å². The average Bonchev–Trinajstić information content (AvgIpc) is 2.69. The van der Waals surface area contributed by atoms with E-state index in [4.69, 9.17) is 4.74 Å². The number of rotatable bonds is 11. The minimum Gasteiger partial charge on any atom is -0.374 e. The van der Waals surface area contributed by atoms with Crippen molar-refractivity contribution in [1.29, 1.82) is 0 Å². The number of hydrogen-bond acceptors (Lipinski definition) is 1. The Kier molecular flexibility index (Phi) is 11.4.